The molecule has 0 saturated heterocycles. The molecule has 8 heteroatoms. The number of thiophene rings is 1. The molecule has 0 aliphatic carbocycles. The van der Waals surface area contributed by atoms with Crippen LogP contribution >= 0.6 is 34.3 Å². The third kappa shape index (κ3) is 2.65. The van der Waals surface area contributed by atoms with Gasteiger partial charge in [0.2, 0.25) is 0 Å². The van der Waals surface area contributed by atoms with Crippen LogP contribution in [-0.4, -0.2) is 23.7 Å². The van der Waals surface area contributed by atoms with Crippen LogP contribution in [-0.2, 0) is 7.05 Å². The summed E-state index contributed by atoms with van der Waals surface area (Å²) in [6.07, 6.45) is 0. The molecule has 0 fully saturated rings. The molecule has 5 nitrogen and oxygen atoms in total. The Balaban J connectivity index is 1.82. The van der Waals surface area contributed by atoms with Crippen LogP contribution in [0.25, 0.3) is 10.2 Å². The van der Waals surface area contributed by atoms with Crippen molar-refractivity contribution >= 4 is 50.4 Å². The molecule has 0 atom stereocenters. The van der Waals surface area contributed by atoms with Crippen LogP contribution in [0.2, 0.25) is 4.34 Å². The number of carbonyl (C=O) groups is 1. The molecule has 1 aliphatic rings. The summed E-state index contributed by atoms with van der Waals surface area (Å²) in [5, 5.41) is 0. The standard InChI is InChI=1S/C15H11ClN2O3S2/c1-18-8-6-9-10(21-5-4-20-9)7-12(8)23-15(18)17-14(19)11-2-3-13(16)22-11/h2-3,6-7H,4-5H2,1H3. The minimum atomic E-state index is -0.290. The van der Waals surface area contributed by atoms with Crippen LogP contribution in [0.4, 0.5) is 0 Å². The molecule has 23 heavy (non-hydrogen) atoms. The number of carbonyl (C=O) groups excluding carboxylic acids is 1. The van der Waals surface area contributed by atoms with E-state index < -0.39 is 0 Å². The average Bonchev–Trinajstić information content (AvgIpc) is 3.10. The number of ether oxygens (including phenoxy) is 2. The molecule has 4 rings (SSSR count). The SMILES string of the molecule is Cn1c(=NC(=O)c2ccc(Cl)s2)sc2cc3c(cc21)OCCO3. The predicted molar refractivity (Wildman–Crippen MR) is 91.0 cm³/mol. The van der Waals surface area contributed by atoms with Crippen LogP contribution < -0.4 is 14.3 Å². The van der Waals surface area contributed by atoms with Gasteiger partial charge >= 0.3 is 0 Å². The number of fused-ring (bicyclic) bond motifs is 2. The molecule has 1 aromatic carbocycles. The Hall–Kier alpha value is -1.83. The Kier molecular flexibility index (Phi) is 3.63. The predicted octanol–water partition coefficient (Wildman–Crippen LogP) is 3.47. The van der Waals surface area contributed by atoms with Crippen molar-refractivity contribution in [1.29, 1.82) is 0 Å². The van der Waals surface area contributed by atoms with Crippen LogP contribution in [0, 0.1) is 0 Å². The molecule has 118 valence electrons. The minimum Gasteiger partial charge on any atom is -0.486 e. The van der Waals surface area contributed by atoms with E-state index in [1.54, 1.807) is 12.1 Å². The summed E-state index contributed by atoms with van der Waals surface area (Å²) in [5.74, 6) is 1.16. The molecule has 2 aromatic heterocycles. The van der Waals surface area contributed by atoms with Gasteiger partial charge in [-0.3, -0.25) is 4.79 Å². The van der Waals surface area contributed by atoms with E-state index in [1.165, 1.54) is 22.7 Å². The Bertz CT molecular complexity index is 986. The molecule has 3 heterocycles. The maximum Gasteiger partial charge on any atom is 0.289 e. The van der Waals surface area contributed by atoms with Gasteiger partial charge in [-0.2, -0.15) is 4.99 Å². The number of aryl methyl sites for hydroxylation is 1. The number of aromatic nitrogens is 1. The van der Waals surface area contributed by atoms with Gasteiger partial charge in [0.15, 0.2) is 16.3 Å². The number of hydrogen-bond donors (Lipinski definition) is 0. The van der Waals surface area contributed by atoms with Gasteiger partial charge in [0.25, 0.3) is 5.91 Å². The highest BCUT2D eigenvalue weighted by molar-refractivity contribution is 7.18. The Labute approximate surface area is 144 Å². The number of amides is 1. The normalized spacial score (nSPS) is 14.4. The molecule has 3 aromatic rings. The Morgan fingerprint density at radius 2 is 1.96 bits per heavy atom. The number of halogens is 1. The molecule has 1 amide bonds. The summed E-state index contributed by atoms with van der Waals surface area (Å²) in [5.41, 5.74) is 0.954. The molecule has 0 bridgehead atoms. The molecular formula is C15H11ClN2O3S2. The first-order chi connectivity index (χ1) is 11.1. The number of benzene rings is 1. The second-order valence-electron chi connectivity index (χ2n) is 4.93. The maximum atomic E-state index is 12.2. The van der Waals surface area contributed by atoms with Crippen LogP contribution in [0.3, 0.4) is 0 Å². The van der Waals surface area contributed by atoms with E-state index in [9.17, 15) is 4.79 Å². The lowest BCUT2D eigenvalue weighted by molar-refractivity contribution is 0.100. The van der Waals surface area contributed by atoms with Gasteiger partial charge in [-0.05, 0) is 12.1 Å². The van der Waals surface area contributed by atoms with Crippen molar-refractivity contribution in [2.75, 3.05) is 13.2 Å². The quantitative estimate of drug-likeness (QED) is 0.662. The van der Waals surface area contributed by atoms with Gasteiger partial charge in [0.1, 0.15) is 13.2 Å². The van der Waals surface area contributed by atoms with E-state index >= 15 is 0 Å². The molecule has 0 spiro atoms. The fraction of sp³-hybridized carbons (Fsp3) is 0.200. The zero-order chi connectivity index (χ0) is 16.0. The monoisotopic (exact) mass is 366 g/mol. The zero-order valence-electron chi connectivity index (χ0n) is 12.0. The highest BCUT2D eigenvalue weighted by atomic mass is 35.5. The summed E-state index contributed by atoms with van der Waals surface area (Å²) >= 11 is 8.53. The largest absolute Gasteiger partial charge is 0.486 e. The second-order valence-corrected chi connectivity index (χ2v) is 7.65. The van der Waals surface area contributed by atoms with Crippen LogP contribution in [0.1, 0.15) is 9.67 Å². The molecule has 0 N–H and O–H groups in total. The fourth-order valence-corrected chi connectivity index (χ4v) is 4.30. The highest BCUT2D eigenvalue weighted by Crippen LogP contribution is 2.35. The molecule has 0 radical (unpaired) electrons. The molecule has 0 saturated carbocycles. The third-order valence-electron chi connectivity index (χ3n) is 3.45. The third-order valence-corrected chi connectivity index (χ3v) is 5.77. The maximum absolute atomic E-state index is 12.2. The van der Waals surface area contributed by atoms with Gasteiger partial charge in [0.05, 0.1) is 19.4 Å². The lowest BCUT2D eigenvalue weighted by atomic mass is 10.3. The Morgan fingerprint density at radius 1 is 1.22 bits per heavy atom. The molecule has 1 aliphatic heterocycles. The average molecular weight is 367 g/mol. The topological polar surface area (TPSA) is 52.8 Å². The van der Waals surface area contributed by atoms with Crippen molar-refractivity contribution in [1.82, 2.24) is 4.57 Å². The van der Waals surface area contributed by atoms with E-state index in [0.717, 1.165) is 21.7 Å². The van der Waals surface area contributed by atoms with Crippen molar-refractivity contribution in [2.45, 2.75) is 0 Å². The van der Waals surface area contributed by atoms with E-state index in [0.29, 0.717) is 27.2 Å². The van der Waals surface area contributed by atoms with Crippen molar-refractivity contribution < 1.29 is 14.3 Å². The van der Waals surface area contributed by atoms with Gasteiger partial charge < -0.3 is 14.0 Å². The highest BCUT2D eigenvalue weighted by Gasteiger charge is 2.16. The van der Waals surface area contributed by atoms with E-state index in [1.807, 2.05) is 23.7 Å². The van der Waals surface area contributed by atoms with Crippen LogP contribution in [0.15, 0.2) is 29.3 Å². The second kappa shape index (κ2) is 5.67. The number of thiazole rings is 1. The number of hydrogen-bond acceptors (Lipinski definition) is 5. The van der Waals surface area contributed by atoms with E-state index in [4.69, 9.17) is 21.1 Å². The van der Waals surface area contributed by atoms with Gasteiger partial charge in [0, 0.05) is 19.2 Å². The van der Waals surface area contributed by atoms with Crippen molar-refractivity contribution in [3.8, 4) is 11.5 Å². The van der Waals surface area contributed by atoms with Crippen molar-refractivity contribution in [3.63, 3.8) is 0 Å². The number of nitrogens with zero attached hydrogens (tertiary/aromatic N) is 2. The first kappa shape index (κ1) is 14.7. The summed E-state index contributed by atoms with van der Waals surface area (Å²) in [4.78, 5) is 17.6. The Morgan fingerprint density at radius 3 is 2.65 bits per heavy atom. The fourth-order valence-electron chi connectivity index (χ4n) is 2.34. The molecular weight excluding hydrogens is 356 g/mol. The first-order valence-corrected chi connectivity index (χ1v) is 8.86. The number of rotatable bonds is 1. The van der Waals surface area contributed by atoms with Gasteiger partial charge in [-0.15, -0.1) is 11.3 Å². The van der Waals surface area contributed by atoms with Crippen molar-refractivity contribution in [3.05, 3.63) is 38.3 Å². The summed E-state index contributed by atoms with van der Waals surface area (Å²) in [7, 11) is 1.88. The van der Waals surface area contributed by atoms with Crippen LogP contribution in [0.5, 0.6) is 11.5 Å². The zero-order valence-corrected chi connectivity index (χ0v) is 14.4. The van der Waals surface area contributed by atoms with E-state index in [-0.39, 0.29) is 5.91 Å². The lowest BCUT2D eigenvalue weighted by Gasteiger charge is -2.18. The minimum absolute atomic E-state index is 0.290. The van der Waals surface area contributed by atoms with Gasteiger partial charge in [-0.1, -0.05) is 22.9 Å². The van der Waals surface area contributed by atoms with Crippen molar-refractivity contribution in [2.24, 2.45) is 12.0 Å². The van der Waals surface area contributed by atoms with Gasteiger partial charge in [-0.25, -0.2) is 0 Å². The lowest BCUT2D eigenvalue weighted by Crippen LogP contribution is -2.15. The van der Waals surface area contributed by atoms with E-state index in [2.05, 4.69) is 4.99 Å². The summed E-state index contributed by atoms with van der Waals surface area (Å²) in [6.45, 7) is 1.09. The summed E-state index contributed by atoms with van der Waals surface area (Å²) < 4.78 is 14.6. The summed E-state index contributed by atoms with van der Waals surface area (Å²) in [6, 6.07) is 7.24. The first-order valence-electron chi connectivity index (χ1n) is 6.85. The smallest absolute Gasteiger partial charge is 0.289 e. The molecule has 0 unspecified atom stereocenters.